The second-order valence-corrected chi connectivity index (χ2v) is 13.9. The molecular weight excluding hydrogens is 552 g/mol. The van der Waals surface area contributed by atoms with Gasteiger partial charge in [-0.05, 0) is 50.0 Å². The number of carbonyl (C=O) groups excluding carboxylic acids is 2. The maximum Gasteiger partial charge on any atom is 0.334 e. The summed E-state index contributed by atoms with van der Waals surface area (Å²) in [6.45, 7) is 8.18. The fourth-order valence-corrected chi connectivity index (χ4v) is 6.37. The van der Waals surface area contributed by atoms with Crippen molar-refractivity contribution in [3.63, 3.8) is 0 Å². The predicted molar refractivity (Wildman–Crippen MR) is 166 cm³/mol. The van der Waals surface area contributed by atoms with Gasteiger partial charge in [-0.3, -0.25) is 9.69 Å². The van der Waals surface area contributed by atoms with Crippen LogP contribution in [0, 0.1) is 11.8 Å². The molecule has 9 nitrogen and oxygen atoms in total. The number of aliphatic hydroxyl groups is 1. The van der Waals surface area contributed by atoms with E-state index in [1.165, 1.54) is 4.31 Å². The zero-order valence-corrected chi connectivity index (χ0v) is 27.1. The van der Waals surface area contributed by atoms with E-state index >= 15 is 0 Å². The molecule has 0 heterocycles. The SMILES string of the molecule is CCC(C)[C@H](NC(=O)CN(C)C)C(=O)[NH+](C)[C@@H](Cc1ccccc1)[C@H](O)CN(CCC(C)C)S(=O)(=O)c1ccccc1. The number of nitrogens with one attached hydrogen (secondary N) is 2. The lowest BCUT2D eigenvalue weighted by Crippen LogP contribution is -3.19. The normalized spacial score (nSPS) is 15.8. The molecule has 0 saturated carbocycles. The van der Waals surface area contributed by atoms with Crippen molar-refractivity contribution in [1.82, 2.24) is 14.5 Å². The molecule has 5 atom stereocenters. The Balaban J connectivity index is 2.44. The zero-order chi connectivity index (χ0) is 31.4. The quantitative estimate of drug-likeness (QED) is 0.255. The third kappa shape index (κ3) is 10.6. The Hall–Kier alpha value is -2.63. The van der Waals surface area contributed by atoms with Crippen LogP contribution in [0.2, 0.25) is 0 Å². The molecule has 0 fully saturated rings. The lowest BCUT2D eigenvalue weighted by Gasteiger charge is -2.34. The van der Waals surface area contributed by atoms with Crippen LogP contribution in [-0.4, -0.2) is 93.5 Å². The third-order valence-corrected chi connectivity index (χ3v) is 9.59. The molecule has 234 valence electrons. The molecule has 42 heavy (non-hydrogen) atoms. The Morgan fingerprint density at radius 1 is 0.976 bits per heavy atom. The van der Waals surface area contributed by atoms with Gasteiger partial charge < -0.3 is 15.3 Å². The fraction of sp³-hybridized carbons (Fsp3) is 0.562. The lowest BCUT2D eigenvalue weighted by atomic mass is 9.94. The number of rotatable bonds is 17. The highest BCUT2D eigenvalue weighted by atomic mass is 32.2. The van der Waals surface area contributed by atoms with Gasteiger partial charge in [0.25, 0.3) is 0 Å². The summed E-state index contributed by atoms with van der Waals surface area (Å²) < 4.78 is 28.7. The summed E-state index contributed by atoms with van der Waals surface area (Å²) >= 11 is 0. The molecule has 3 N–H and O–H groups in total. The van der Waals surface area contributed by atoms with Gasteiger partial charge in [-0.2, -0.15) is 4.31 Å². The Morgan fingerprint density at radius 3 is 2.07 bits per heavy atom. The van der Waals surface area contributed by atoms with Crippen molar-refractivity contribution in [3.05, 3.63) is 66.2 Å². The molecule has 0 aliphatic rings. The number of sulfonamides is 1. The minimum atomic E-state index is -3.89. The average molecular weight is 604 g/mol. The van der Waals surface area contributed by atoms with Crippen molar-refractivity contribution < 1.29 is 28.0 Å². The summed E-state index contributed by atoms with van der Waals surface area (Å²) in [5.41, 5.74) is 0.921. The van der Waals surface area contributed by atoms with E-state index in [4.69, 9.17) is 0 Å². The minimum absolute atomic E-state index is 0.130. The number of amides is 2. The number of carbonyl (C=O) groups is 2. The van der Waals surface area contributed by atoms with Crippen molar-refractivity contribution in [1.29, 1.82) is 0 Å². The van der Waals surface area contributed by atoms with Crippen molar-refractivity contribution in [2.24, 2.45) is 11.8 Å². The van der Waals surface area contributed by atoms with Crippen LogP contribution >= 0.6 is 0 Å². The smallest absolute Gasteiger partial charge is 0.334 e. The first kappa shape index (κ1) is 35.6. The minimum Gasteiger partial charge on any atom is -0.386 e. The van der Waals surface area contributed by atoms with E-state index in [-0.39, 0.29) is 48.2 Å². The number of benzene rings is 2. The molecule has 0 spiro atoms. The number of aliphatic hydroxyl groups excluding tert-OH is 1. The summed E-state index contributed by atoms with van der Waals surface area (Å²) in [5.74, 6) is -0.363. The first-order valence-electron chi connectivity index (χ1n) is 14.9. The number of likely N-dealkylation sites (N-methyl/N-ethyl adjacent to an activating group) is 2. The van der Waals surface area contributed by atoms with E-state index in [0.29, 0.717) is 24.2 Å². The van der Waals surface area contributed by atoms with Gasteiger partial charge in [0.15, 0.2) is 0 Å². The molecule has 2 aromatic carbocycles. The molecule has 0 aliphatic carbocycles. The van der Waals surface area contributed by atoms with Crippen LogP contribution in [0.1, 0.15) is 46.1 Å². The summed E-state index contributed by atoms with van der Waals surface area (Å²) in [5, 5.41) is 14.7. The molecule has 2 rings (SSSR count). The predicted octanol–water partition coefficient (Wildman–Crippen LogP) is 1.83. The Labute approximate surface area is 252 Å². The van der Waals surface area contributed by atoms with Crippen LogP contribution in [0.3, 0.4) is 0 Å². The number of nitrogens with zero attached hydrogens (tertiary/aromatic N) is 2. The van der Waals surface area contributed by atoms with Gasteiger partial charge in [-0.1, -0.05) is 82.6 Å². The summed E-state index contributed by atoms with van der Waals surface area (Å²) in [6.07, 6.45) is 0.491. The Morgan fingerprint density at radius 2 is 1.55 bits per heavy atom. The van der Waals surface area contributed by atoms with Gasteiger partial charge in [0.1, 0.15) is 18.2 Å². The van der Waals surface area contributed by atoms with E-state index in [2.05, 4.69) is 5.32 Å². The standard InChI is InChI=1S/C32H50N4O5S/c1-8-25(4)31(33-30(38)23-34(5)6)32(39)35(7)28(21-26-15-11-9-12-16-26)29(37)22-36(20-19-24(2)3)42(40,41)27-17-13-10-14-18-27/h9-18,24-25,28-29,31,37H,8,19-23H2,1-7H3,(H,33,38)/p+1/t25?,28-,29+,31-/m0/s1. The molecule has 0 radical (unpaired) electrons. The second kappa shape index (κ2) is 16.9. The van der Waals surface area contributed by atoms with Gasteiger partial charge in [0, 0.05) is 19.5 Å². The fourth-order valence-electron chi connectivity index (χ4n) is 4.87. The van der Waals surface area contributed by atoms with Crippen LogP contribution in [-0.2, 0) is 26.0 Å². The molecule has 2 aromatic rings. The van der Waals surface area contributed by atoms with Crippen molar-refractivity contribution in [3.8, 4) is 0 Å². The number of hydrogen-bond acceptors (Lipinski definition) is 6. The highest BCUT2D eigenvalue weighted by Crippen LogP contribution is 2.19. The van der Waals surface area contributed by atoms with Gasteiger partial charge in [-0.25, -0.2) is 13.2 Å². The van der Waals surface area contributed by atoms with Crippen molar-refractivity contribution in [2.45, 2.75) is 70.0 Å². The molecule has 2 amide bonds. The van der Waals surface area contributed by atoms with E-state index in [1.54, 1.807) is 56.4 Å². The lowest BCUT2D eigenvalue weighted by molar-refractivity contribution is -0.832. The summed E-state index contributed by atoms with van der Waals surface area (Å²) in [4.78, 5) is 29.0. The van der Waals surface area contributed by atoms with Crippen LogP contribution in [0.25, 0.3) is 0 Å². The molecule has 0 saturated heterocycles. The Bertz CT molecular complexity index is 1210. The van der Waals surface area contributed by atoms with E-state index in [0.717, 1.165) is 5.56 Å². The van der Waals surface area contributed by atoms with Gasteiger partial charge in [-0.15, -0.1) is 0 Å². The van der Waals surface area contributed by atoms with E-state index in [9.17, 15) is 23.1 Å². The van der Waals surface area contributed by atoms with Gasteiger partial charge in [0.2, 0.25) is 15.9 Å². The number of quaternary nitrogens is 1. The van der Waals surface area contributed by atoms with Crippen LogP contribution < -0.4 is 10.2 Å². The molecule has 2 unspecified atom stereocenters. The van der Waals surface area contributed by atoms with Crippen molar-refractivity contribution >= 4 is 21.8 Å². The molecule has 0 aromatic heterocycles. The van der Waals surface area contributed by atoms with Crippen molar-refractivity contribution in [2.75, 3.05) is 40.8 Å². The monoisotopic (exact) mass is 603 g/mol. The molecular formula is C32H51N4O5S+. The summed E-state index contributed by atoms with van der Waals surface area (Å²) in [6, 6.07) is 16.4. The Kier molecular flexibility index (Phi) is 14.3. The highest BCUT2D eigenvalue weighted by Gasteiger charge is 2.40. The third-order valence-electron chi connectivity index (χ3n) is 7.71. The van der Waals surface area contributed by atoms with E-state index in [1.807, 2.05) is 58.0 Å². The topological polar surface area (TPSA) is 111 Å². The van der Waals surface area contributed by atoms with Crippen LogP contribution in [0.15, 0.2) is 65.6 Å². The molecule has 0 aliphatic heterocycles. The maximum absolute atomic E-state index is 14.0. The van der Waals surface area contributed by atoms with Gasteiger partial charge >= 0.3 is 5.91 Å². The van der Waals surface area contributed by atoms with Gasteiger partial charge in [0.05, 0.1) is 18.5 Å². The summed E-state index contributed by atoms with van der Waals surface area (Å²) in [7, 11) is 1.40. The average Bonchev–Trinajstić information content (AvgIpc) is 2.95. The maximum atomic E-state index is 14.0. The second-order valence-electron chi connectivity index (χ2n) is 11.9. The largest absolute Gasteiger partial charge is 0.386 e. The first-order chi connectivity index (χ1) is 19.8. The molecule has 10 heteroatoms. The number of hydrogen-bond donors (Lipinski definition) is 3. The molecule has 0 bridgehead atoms. The van der Waals surface area contributed by atoms with Crippen LogP contribution in [0.4, 0.5) is 0 Å². The highest BCUT2D eigenvalue weighted by molar-refractivity contribution is 7.89. The van der Waals surface area contributed by atoms with E-state index < -0.39 is 28.2 Å². The first-order valence-corrected chi connectivity index (χ1v) is 16.3. The zero-order valence-electron chi connectivity index (χ0n) is 26.3. The van der Waals surface area contributed by atoms with Crippen LogP contribution in [0.5, 0.6) is 0 Å².